The van der Waals surface area contributed by atoms with Crippen LogP contribution < -0.4 is 0 Å². The summed E-state index contributed by atoms with van der Waals surface area (Å²) in [4.78, 5) is 0. The fraction of sp³-hybridized carbons (Fsp3) is 0.727. The Hall–Kier alpha value is -0.780. The molecule has 17 heavy (non-hydrogen) atoms. The largest absolute Gasteiger partial charge is 0.433 e. The van der Waals surface area contributed by atoms with E-state index >= 15 is 0 Å². The lowest BCUT2D eigenvalue weighted by atomic mass is 9.96. The Bertz CT molecular complexity index is 452. The molecule has 0 aliphatic heterocycles. The van der Waals surface area contributed by atoms with Gasteiger partial charge in [0.05, 0.1) is 6.04 Å². The Morgan fingerprint density at radius 2 is 1.82 bits per heavy atom. The molecule has 1 fully saturated rings. The average molecular weight is 264 g/mol. The molecule has 0 bridgehead atoms. The number of H-pyrrole nitrogens is 1. The van der Waals surface area contributed by atoms with Crippen LogP contribution in [0.1, 0.15) is 49.4 Å². The summed E-state index contributed by atoms with van der Waals surface area (Å²) in [7, 11) is 0. The smallest absolute Gasteiger partial charge is 0.293 e. The fourth-order valence-electron chi connectivity index (χ4n) is 2.42. The number of hydrogen-bond donors (Lipinski definition) is 1. The van der Waals surface area contributed by atoms with E-state index in [4.69, 9.17) is 12.2 Å². The van der Waals surface area contributed by atoms with Crippen LogP contribution in [0.2, 0.25) is 0 Å². The van der Waals surface area contributed by atoms with Gasteiger partial charge in [0.2, 0.25) is 0 Å². The molecule has 1 N–H and O–H groups in total. The van der Waals surface area contributed by atoms with Gasteiger partial charge in [-0.05, 0) is 19.8 Å². The fourth-order valence-corrected chi connectivity index (χ4v) is 2.71. The number of hydrogen-bond acceptors (Lipinski definition) is 1. The van der Waals surface area contributed by atoms with Crippen LogP contribution in [-0.2, 0) is 6.18 Å². The Balaban J connectivity index is 2.39. The van der Waals surface area contributed by atoms with Crippen LogP contribution in [0.4, 0.5) is 13.2 Å². The minimum atomic E-state index is -4.35. The van der Waals surface area contributed by atoms with Crippen LogP contribution in [-0.4, -0.2) is 9.78 Å². The number of alkyl halides is 3. The van der Waals surface area contributed by atoms with Gasteiger partial charge in [-0.3, -0.25) is 9.78 Å². The van der Waals surface area contributed by atoms with E-state index in [-0.39, 0.29) is 11.6 Å². The normalized spacial score (nSPS) is 18.6. The van der Waals surface area contributed by atoms with E-state index in [0.717, 1.165) is 32.1 Å². The number of rotatable bonds is 1. The lowest BCUT2D eigenvalue weighted by Gasteiger charge is -2.22. The molecule has 0 amide bonds. The molecule has 0 aromatic carbocycles. The number of aromatic nitrogens is 2. The van der Waals surface area contributed by atoms with E-state index in [1.165, 1.54) is 11.6 Å². The Morgan fingerprint density at radius 3 is 2.29 bits per heavy atom. The molecule has 1 aliphatic carbocycles. The molecule has 2 rings (SSSR count). The van der Waals surface area contributed by atoms with Gasteiger partial charge in [-0.2, -0.15) is 13.2 Å². The van der Waals surface area contributed by atoms with E-state index in [1.807, 2.05) is 0 Å². The minimum Gasteiger partial charge on any atom is -0.293 e. The molecule has 0 unspecified atom stereocenters. The van der Waals surface area contributed by atoms with Crippen LogP contribution in [0.5, 0.6) is 0 Å². The van der Waals surface area contributed by atoms with Crippen LogP contribution in [0.3, 0.4) is 0 Å². The van der Waals surface area contributed by atoms with Crippen LogP contribution >= 0.6 is 12.2 Å². The summed E-state index contributed by atoms with van der Waals surface area (Å²) >= 11 is 5.10. The van der Waals surface area contributed by atoms with Crippen molar-refractivity contribution in [3.63, 3.8) is 0 Å². The average Bonchev–Trinajstić information content (AvgIpc) is 2.57. The predicted molar refractivity (Wildman–Crippen MR) is 61.5 cm³/mol. The lowest BCUT2D eigenvalue weighted by Crippen LogP contribution is -2.15. The zero-order chi connectivity index (χ0) is 12.6. The summed E-state index contributed by atoms with van der Waals surface area (Å²) in [6, 6.07) is 0.103. The third-order valence-electron chi connectivity index (χ3n) is 3.37. The maximum Gasteiger partial charge on any atom is 0.433 e. The highest BCUT2D eigenvalue weighted by Crippen LogP contribution is 2.34. The van der Waals surface area contributed by atoms with Gasteiger partial charge in [-0.25, -0.2) is 0 Å². The molecule has 6 heteroatoms. The molecule has 1 aromatic rings. The van der Waals surface area contributed by atoms with Crippen molar-refractivity contribution in [3.05, 3.63) is 15.9 Å². The molecular formula is C11H15F3N2S. The van der Waals surface area contributed by atoms with Crippen molar-refractivity contribution in [2.45, 2.75) is 51.2 Å². The molecule has 0 saturated heterocycles. The molecule has 1 aromatic heterocycles. The zero-order valence-corrected chi connectivity index (χ0v) is 10.4. The Kier molecular flexibility index (Phi) is 3.34. The number of aromatic amines is 1. The monoisotopic (exact) mass is 264 g/mol. The van der Waals surface area contributed by atoms with Crippen molar-refractivity contribution < 1.29 is 13.2 Å². The van der Waals surface area contributed by atoms with Gasteiger partial charge in [0.15, 0.2) is 0 Å². The Morgan fingerprint density at radius 1 is 1.24 bits per heavy atom. The first-order valence-electron chi connectivity index (χ1n) is 5.79. The molecule has 1 aliphatic rings. The van der Waals surface area contributed by atoms with Crippen LogP contribution in [0, 0.1) is 11.6 Å². The predicted octanol–water partition coefficient (Wildman–Crippen LogP) is 4.38. The third-order valence-corrected chi connectivity index (χ3v) is 3.87. The quantitative estimate of drug-likeness (QED) is 0.747. The van der Waals surface area contributed by atoms with Gasteiger partial charge >= 0.3 is 6.18 Å². The maximum atomic E-state index is 12.7. The molecule has 0 spiro atoms. The second-order valence-electron chi connectivity index (χ2n) is 4.58. The van der Waals surface area contributed by atoms with Crippen molar-refractivity contribution in [1.29, 1.82) is 0 Å². The molecule has 96 valence electrons. The summed E-state index contributed by atoms with van der Waals surface area (Å²) in [6.45, 7) is 1.43. The van der Waals surface area contributed by atoms with Crippen molar-refractivity contribution >= 4 is 12.2 Å². The third kappa shape index (κ3) is 2.41. The number of halogens is 3. The van der Waals surface area contributed by atoms with Gasteiger partial charge in [-0.15, -0.1) is 0 Å². The highest BCUT2D eigenvalue weighted by molar-refractivity contribution is 7.71. The first-order chi connectivity index (χ1) is 7.91. The molecule has 0 atom stereocenters. The molecule has 0 radical (unpaired) electrons. The Labute approximate surface area is 103 Å². The minimum absolute atomic E-state index is 0.103. The van der Waals surface area contributed by atoms with E-state index in [1.54, 1.807) is 0 Å². The second-order valence-corrected chi connectivity index (χ2v) is 4.96. The van der Waals surface area contributed by atoms with Crippen molar-refractivity contribution in [2.24, 2.45) is 0 Å². The van der Waals surface area contributed by atoms with E-state index in [9.17, 15) is 13.2 Å². The number of nitrogens with one attached hydrogen (secondary N) is 1. The van der Waals surface area contributed by atoms with Crippen molar-refractivity contribution in [2.75, 3.05) is 0 Å². The molecule has 2 nitrogen and oxygen atoms in total. The highest BCUT2D eigenvalue weighted by atomic mass is 32.1. The molecule has 1 saturated carbocycles. The standard InChI is InChI=1S/C11H15F3N2S/c1-7-9(11(12,13)14)15-16(10(7)17)8-5-3-2-4-6-8/h8,15H,2-6H2,1H3. The van der Waals surface area contributed by atoms with E-state index < -0.39 is 11.9 Å². The van der Waals surface area contributed by atoms with E-state index in [2.05, 4.69) is 5.10 Å². The highest BCUT2D eigenvalue weighted by Gasteiger charge is 2.36. The van der Waals surface area contributed by atoms with Gasteiger partial charge in [0, 0.05) is 5.56 Å². The van der Waals surface area contributed by atoms with Crippen molar-refractivity contribution in [1.82, 2.24) is 9.78 Å². The van der Waals surface area contributed by atoms with Gasteiger partial charge in [0.1, 0.15) is 10.3 Å². The lowest BCUT2D eigenvalue weighted by molar-refractivity contribution is -0.142. The second kappa shape index (κ2) is 4.48. The summed E-state index contributed by atoms with van der Waals surface area (Å²) < 4.78 is 40.0. The summed E-state index contributed by atoms with van der Waals surface area (Å²) in [5, 5.41) is 2.45. The van der Waals surface area contributed by atoms with Gasteiger partial charge in [-0.1, -0.05) is 31.5 Å². The topological polar surface area (TPSA) is 20.7 Å². The SMILES string of the molecule is Cc1c(C(F)(F)F)[nH]n(C2CCCCC2)c1=S. The van der Waals surface area contributed by atoms with Crippen LogP contribution in [0.15, 0.2) is 0 Å². The van der Waals surface area contributed by atoms with Gasteiger partial charge in [0.25, 0.3) is 0 Å². The number of nitrogens with zero attached hydrogens (tertiary/aromatic N) is 1. The van der Waals surface area contributed by atoms with Gasteiger partial charge < -0.3 is 0 Å². The van der Waals surface area contributed by atoms with Crippen LogP contribution in [0.25, 0.3) is 0 Å². The zero-order valence-electron chi connectivity index (χ0n) is 9.60. The van der Waals surface area contributed by atoms with Crippen molar-refractivity contribution in [3.8, 4) is 0 Å². The van der Waals surface area contributed by atoms with E-state index in [0.29, 0.717) is 4.64 Å². The first kappa shape index (κ1) is 12.7. The summed E-state index contributed by atoms with van der Waals surface area (Å²) in [5.74, 6) is 0. The molecule has 1 heterocycles. The molecular weight excluding hydrogens is 249 g/mol. The maximum absolute atomic E-state index is 12.7. The summed E-state index contributed by atoms with van der Waals surface area (Å²) in [5.41, 5.74) is -0.564. The summed E-state index contributed by atoms with van der Waals surface area (Å²) in [6.07, 6.45) is 0.752. The first-order valence-corrected chi connectivity index (χ1v) is 6.20.